The molecule has 114 valence electrons. The van der Waals surface area contributed by atoms with E-state index in [0.717, 1.165) is 5.75 Å². The molecule has 0 radical (unpaired) electrons. The average molecular weight is 306 g/mol. The van der Waals surface area contributed by atoms with E-state index in [1.54, 1.807) is 18.8 Å². The Labute approximate surface area is 129 Å². The Bertz CT molecular complexity index is 666. The van der Waals surface area contributed by atoms with Crippen LogP contribution in [0.1, 0.15) is 28.3 Å². The van der Waals surface area contributed by atoms with Crippen molar-refractivity contribution in [3.63, 3.8) is 0 Å². The Hall–Kier alpha value is -1.53. The van der Waals surface area contributed by atoms with Crippen LogP contribution in [0.3, 0.4) is 0 Å². The summed E-state index contributed by atoms with van der Waals surface area (Å²) in [5.41, 5.74) is 5.02. The fourth-order valence-corrected chi connectivity index (χ4v) is 3.71. The van der Waals surface area contributed by atoms with Gasteiger partial charge in [-0.2, -0.15) is 0 Å². The van der Waals surface area contributed by atoms with Gasteiger partial charge in [0.2, 0.25) is 0 Å². The number of benzene rings is 1. The Balaban J connectivity index is 2.21. The van der Waals surface area contributed by atoms with Gasteiger partial charge in [-0.15, -0.1) is 5.10 Å². The maximum Gasteiger partial charge on any atom is 0.343 e. The quantitative estimate of drug-likeness (QED) is 0.830. The number of thioether (sulfide) groups is 1. The largest absolute Gasteiger partial charge is 0.343 e. The van der Waals surface area contributed by atoms with Crippen LogP contribution in [0.25, 0.3) is 0 Å². The van der Waals surface area contributed by atoms with Crippen molar-refractivity contribution < 1.29 is 0 Å². The summed E-state index contributed by atoms with van der Waals surface area (Å²) in [6.45, 7) is 6.41. The van der Waals surface area contributed by atoms with Gasteiger partial charge in [0.05, 0.1) is 0 Å². The van der Waals surface area contributed by atoms with E-state index >= 15 is 0 Å². The van der Waals surface area contributed by atoms with Gasteiger partial charge in [0, 0.05) is 18.8 Å². The highest BCUT2D eigenvalue weighted by Gasteiger charge is 2.16. The zero-order chi connectivity index (χ0) is 15.6. The van der Waals surface area contributed by atoms with Gasteiger partial charge in [-0.05, 0) is 44.5 Å². The van der Waals surface area contributed by atoms with E-state index in [-0.39, 0.29) is 11.7 Å². The topological polar surface area (TPSA) is 62.7 Å². The molecule has 0 aliphatic heterocycles. The highest BCUT2D eigenvalue weighted by atomic mass is 32.2. The number of nitrogens with zero attached hydrogens (tertiary/aromatic N) is 2. The summed E-state index contributed by atoms with van der Waals surface area (Å²) >= 11 is 1.58. The molecular formula is C15H22N4OS. The van der Waals surface area contributed by atoms with Crippen molar-refractivity contribution in [1.29, 1.82) is 0 Å². The summed E-state index contributed by atoms with van der Waals surface area (Å²) < 4.78 is 1.53. The SMILES string of the molecule is CNC(CSc1n[nH]c(=O)n1C)c1c(C)cc(C)cc1C. The minimum Gasteiger partial charge on any atom is -0.312 e. The second kappa shape index (κ2) is 6.49. The lowest BCUT2D eigenvalue weighted by Crippen LogP contribution is -2.21. The predicted molar refractivity (Wildman–Crippen MR) is 87.0 cm³/mol. The van der Waals surface area contributed by atoms with Gasteiger partial charge >= 0.3 is 5.69 Å². The van der Waals surface area contributed by atoms with Crippen molar-refractivity contribution in [3.05, 3.63) is 44.9 Å². The third-order valence-electron chi connectivity index (χ3n) is 3.65. The third-order valence-corrected chi connectivity index (χ3v) is 4.78. The molecule has 21 heavy (non-hydrogen) atoms. The molecule has 1 unspecified atom stereocenters. The van der Waals surface area contributed by atoms with Gasteiger partial charge in [0.15, 0.2) is 5.16 Å². The molecule has 1 aromatic carbocycles. The molecule has 2 rings (SSSR count). The lowest BCUT2D eigenvalue weighted by atomic mass is 9.95. The fourth-order valence-electron chi connectivity index (χ4n) is 2.67. The summed E-state index contributed by atoms with van der Waals surface area (Å²) in [5, 5.41) is 10.6. The van der Waals surface area contributed by atoms with Crippen LogP contribution in [0.5, 0.6) is 0 Å². The maximum atomic E-state index is 11.4. The van der Waals surface area contributed by atoms with Gasteiger partial charge in [0.1, 0.15) is 0 Å². The fraction of sp³-hybridized carbons (Fsp3) is 0.467. The van der Waals surface area contributed by atoms with Crippen LogP contribution in [-0.2, 0) is 7.05 Å². The number of aromatic nitrogens is 3. The minimum atomic E-state index is -0.179. The molecule has 0 spiro atoms. The van der Waals surface area contributed by atoms with Crippen molar-refractivity contribution in [1.82, 2.24) is 20.1 Å². The zero-order valence-electron chi connectivity index (χ0n) is 13.2. The van der Waals surface area contributed by atoms with Gasteiger partial charge in [0.25, 0.3) is 0 Å². The van der Waals surface area contributed by atoms with Crippen LogP contribution in [-0.4, -0.2) is 27.6 Å². The Morgan fingerprint density at radius 2 is 1.95 bits per heavy atom. The normalized spacial score (nSPS) is 12.6. The maximum absolute atomic E-state index is 11.4. The number of hydrogen-bond acceptors (Lipinski definition) is 4. The first-order chi connectivity index (χ1) is 9.93. The molecule has 1 atom stereocenters. The van der Waals surface area contributed by atoms with Crippen LogP contribution >= 0.6 is 11.8 Å². The van der Waals surface area contributed by atoms with Crippen molar-refractivity contribution in [2.45, 2.75) is 32.0 Å². The molecule has 2 N–H and O–H groups in total. The van der Waals surface area contributed by atoms with E-state index in [2.05, 4.69) is 48.4 Å². The van der Waals surface area contributed by atoms with E-state index in [1.165, 1.54) is 26.8 Å². The number of H-pyrrole nitrogens is 1. The molecule has 0 saturated heterocycles. The molecule has 0 amide bonds. The predicted octanol–water partition coefficient (Wildman–Crippen LogP) is 2.09. The second-order valence-electron chi connectivity index (χ2n) is 5.34. The van der Waals surface area contributed by atoms with Gasteiger partial charge < -0.3 is 5.32 Å². The van der Waals surface area contributed by atoms with Crippen molar-refractivity contribution in [2.75, 3.05) is 12.8 Å². The second-order valence-corrected chi connectivity index (χ2v) is 6.32. The number of aryl methyl sites for hydroxylation is 3. The van der Waals surface area contributed by atoms with Gasteiger partial charge in [-0.25, -0.2) is 9.89 Å². The summed E-state index contributed by atoms with van der Waals surface area (Å²) in [6.07, 6.45) is 0. The molecule has 1 aromatic heterocycles. The van der Waals surface area contributed by atoms with E-state index in [0.29, 0.717) is 5.16 Å². The Kier molecular flexibility index (Phi) is 4.90. The molecule has 6 heteroatoms. The molecule has 0 bridgehead atoms. The number of rotatable bonds is 5. The number of hydrogen-bond donors (Lipinski definition) is 2. The summed E-state index contributed by atoms with van der Waals surface area (Å²) in [4.78, 5) is 11.4. The molecule has 0 aliphatic carbocycles. The first-order valence-corrected chi connectivity index (χ1v) is 7.91. The van der Waals surface area contributed by atoms with Crippen LogP contribution in [0.2, 0.25) is 0 Å². The molecule has 1 heterocycles. The summed E-state index contributed by atoms with van der Waals surface area (Å²) in [7, 11) is 3.69. The van der Waals surface area contributed by atoms with Gasteiger partial charge in [-0.1, -0.05) is 29.5 Å². The van der Waals surface area contributed by atoms with E-state index in [9.17, 15) is 4.79 Å². The van der Waals surface area contributed by atoms with Crippen molar-refractivity contribution in [3.8, 4) is 0 Å². The summed E-state index contributed by atoms with van der Waals surface area (Å²) in [5.74, 6) is 0.819. The van der Waals surface area contributed by atoms with Crippen LogP contribution in [0.15, 0.2) is 22.1 Å². The van der Waals surface area contributed by atoms with Crippen LogP contribution < -0.4 is 11.0 Å². The molecule has 0 saturated carbocycles. The number of nitrogens with one attached hydrogen (secondary N) is 2. The first kappa shape index (κ1) is 15.9. The minimum absolute atomic E-state index is 0.179. The standard InChI is InChI=1S/C15H22N4OS/c1-9-6-10(2)13(11(3)7-9)12(16-4)8-21-15-18-17-14(20)19(15)5/h6-7,12,16H,8H2,1-5H3,(H,17,20). The monoisotopic (exact) mass is 306 g/mol. The Morgan fingerprint density at radius 1 is 1.33 bits per heavy atom. The summed E-state index contributed by atoms with van der Waals surface area (Å²) in [6, 6.07) is 4.64. The van der Waals surface area contributed by atoms with E-state index in [4.69, 9.17) is 0 Å². The highest BCUT2D eigenvalue weighted by molar-refractivity contribution is 7.99. The molecule has 2 aromatic rings. The zero-order valence-corrected chi connectivity index (χ0v) is 14.0. The molecule has 0 fully saturated rings. The van der Waals surface area contributed by atoms with Crippen LogP contribution in [0, 0.1) is 20.8 Å². The van der Waals surface area contributed by atoms with Crippen molar-refractivity contribution in [2.24, 2.45) is 7.05 Å². The highest BCUT2D eigenvalue weighted by Crippen LogP contribution is 2.28. The lowest BCUT2D eigenvalue weighted by molar-refractivity contribution is 0.651. The average Bonchev–Trinajstić information content (AvgIpc) is 2.73. The molecule has 0 aliphatic rings. The van der Waals surface area contributed by atoms with E-state index in [1.807, 2.05) is 7.05 Å². The first-order valence-electron chi connectivity index (χ1n) is 6.93. The molecule has 5 nitrogen and oxygen atoms in total. The molecular weight excluding hydrogens is 284 g/mol. The Morgan fingerprint density at radius 3 is 2.43 bits per heavy atom. The van der Waals surface area contributed by atoms with E-state index < -0.39 is 0 Å². The smallest absolute Gasteiger partial charge is 0.312 e. The number of aromatic amines is 1. The van der Waals surface area contributed by atoms with Gasteiger partial charge in [-0.3, -0.25) is 4.57 Å². The third kappa shape index (κ3) is 3.39. The lowest BCUT2D eigenvalue weighted by Gasteiger charge is -2.21. The van der Waals surface area contributed by atoms with Crippen LogP contribution in [0.4, 0.5) is 0 Å². The van der Waals surface area contributed by atoms with Crippen molar-refractivity contribution >= 4 is 11.8 Å².